The lowest BCUT2D eigenvalue weighted by molar-refractivity contribution is -0.157. The third kappa shape index (κ3) is 1.80. The van der Waals surface area contributed by atoms with Crippen LogP contribution >= 0.6 is 0 Å². The molecule has 2 atom stereocenters. The number of hydrogen-bond donors (Lipinski definition) is 0. The summed E-state index contributed by atoms with van der Waals surface area (Å²) in [4.78, 5) is 23.0. The molecule has 0 amide bonds. The molecular weight excluding hydrogens is 192 g/mol. The van der Waals surface area contributed by atoms with Crippen molar-refractivity contribution in [1.82, 2.24) is 0 Å². The summed E-state index contributed by atoms with van der Waals surface area (Å²) in [6.07, 6.45) is 3.01. The summed E-state index contributed by atoms with van der Waals surface area (Å²) < 4.78 is 4.72. The van der Waals surface area contributed by atoms with E-state index in [-0.39, 0.29) is 17.4 Å². The van der Waals surface area contributed by atoms with Gasteiger partial charge in [0.25, 0.3) is 0 Å². The molecule has 2 aliphatic rings. The number of carbonyl (C=O) groups excluding carboxylic acids is 2. The zero-order chi connectivity index (χ0) is 11.3. The molecule has 0 aromatic carbocycles. The van der Waals surface area contributed by atoms with Gasteiger partial charge in [-0.1, -0.05) is 20.8 Å². The van der Waals surface area contributed by atoms with Crippen LogP contribution in [0.3, 0.4) is 0 Å². The molecule has 0 unspecified atom stereocenters. The van der Waals surface area contributed by atoms with Crippen molar-refractivity contribution in [2.75, 3.05) is 0 Å². The quantitative estimate of drug-likeness (QED) is 0.455. The molecular formula is C12H18O3. The van der Waals surface area contributed by atoms with Gasteiger partial charge in [0.05, 0.1) is 11.8 Å². The van der Waals surface area contributed by atoms with Crippen molar-refractivity contribution in [2.45, 2.75) is 46.5 Å². The Labute approximate surface area is 90.2 Å². The molecule has 84 valence electrons. The summed E-state index contributed by atoms with van der Waals surface area (Å²) in [5.74, 6) is -0.135. The zero-order valence-electron chi connectivity index (χ0n) is 9.63. The van der Waals surface area contributed by atoms with E-state index in [0.717, 1.165) is 19.3 Å². The van der Waals surface area contributed by atoms with E-state index in [1.54, 1.807) is 0 Å². The first-order valence-electron chi connectivity index (χ1n) is 5.58. The van der Waals surface area contributed by atoms with Crippen LogP contribution in [0.5, 0.6) is 0 Å². The minimum absolute atomic E-state index is 0.140. The highest BCUT2D eigenvalue weighted by atomic mass is 16.6. The number of cyclic esters (lactones) is 2. The molecule has 15 heavy (non-hydrogen) atoms. The van der Waals surface area contributed by atoms with Crippen molar-refractivity contribution in [3.05, 3.63) is 0 Å². The topological polar surface area (TPSA) is 43.4 Å². The molecule has 1 aliphatic heterocycles. The Hall–Kier alpha value is -0.860. The van der Waals surface area contributed by atoms with Gasteiger partial charge in [0.2, 0.25) is 0 Å². The van der Waals surface area contributed by atoms with Gasteiger partial charge >= 0.3 is 11.9 Å². The van der Waals surface area contributed by atoms with Gasteiger partial charge in [0, 0.05) is 0 Å². The molecule has 1 saturated heterocycles. The molecule has 2 rings (SSSR count). The first kappa shape index (κ1) is 10.7. The highest BCUT2D eigenvalue weighted by Crippen LogP contribution is 2.53. The predicted octanol–water partition coefficient (Wildman–Crippen LogP) is 2.29. The summed E-state index contributed by atoms with van der Waals surface area (Å²) in [5, 5.41) is 0. The number of esters is 2. The van der Waals surface area contributed by atoms with E-state index < -0.39 is 5.41 Å². The maximum absolute atomic E-state index is 11.8. The Morgan fingerprint density at radius 2 is 1.93 bits per heavy atom. The van der Waals surface area contributed by atoms with Crippen molar-refractivity contribution in [3.8, 4) is 0 Å². The Bertz CT molecular complexity index is 319. The van der Waals surface area contributed by atoms with E-state index in [0.29, 0.717) is 12.3 Å². The monoisotopic (exact) mass is 210 g/mol. The van der Waals surface area contributed by atoms with Crippen molar-refractivity contribution < 1.29 is 14.3 Å². The summed E-state index contributed by atoms with van der Waals surface area (Å²) in [7, 11) is 0. The van der Waals surface area contributed by atoms with Gasteiger partial charge in [-0.3, -0.25) is 9.59 Å². The van der Waals surface area contributed by atoms with Gasteiger partial charge < -0.3 is 4.74 Å². The van der Waals surface area contributed by atoms with Gasteiger partial charge in [-0.15, -0.1) is 0 Å². The van der Waals surface area contributed by atoms with Crippen LogP contribution in [-0.4, -0.2) is 11.9 Å². The van der Waals surface area contributed by atoms with Crippen LogP contribution in [0.25, 0.3) is 0 Å². The summed E-state index contributed by atoms with van der Waals surface area (Å²) in [6, 6.07) is 0. The average Bonchev–Trinajstić information content (AvgIpc) is 2.20. The van der Waals surface area contributed by atoms with Crippen LogP contribution in [0, 0.1) is 16.7 Å². The second-order valence-corrected chi connectivity index (χ2v) is 6.07. The van der Waals surface area contributed by atoms with Gasteiger partial charge in [-0.2, -0.15) is 0 Å². The lowest BCUT2D eigenvalue weighted by atomic mass is 9.60. The Balaban J connectivity index is 2.28. The third-order valence-corrected chi connectivity index (χ3v) is 3.58. The number of carbonyl (C=O) groups is 2. The smallest absolute Gasteiger partial charge is 0.320 e. The summed E-state index contributed by atoms with van der Waals surface area (Å²) >= 11 is 0. The second kappa shape index (κ2) is 3.06. The molecule has 1 heterocycles. The number of rotatable bonds is 0. The van der Waals surface area contributed by atoms with Crippen LogP contribution in [0.2, 0.25) is 0 Å². The molecule has 0 radical (unpaired) electrons. The maximum atomic E-state index is 11.8. The molecule has 1 aliphatic carbocycles. The first-order valence-corrected chi connectivity index (χ1v) is 5.58. The predicted molar refractivity (Wildman–Crippen MR) is 54.9 cm³/mol. The molecule has 3 nitrogen and oxygen atoms in total. The minimum atomic E-state index is -0.502. The Kier molecular flexibility index (Phi) is 2.18. The minimum Gasteiger partial charge on any atom is -0.393 e. The number of ether oxygens (including phenoxy) is 1. The average molecular weight is 210 g/mol. The van der Waals surface area contributed by atoms with Crippen LogP contribution in [-0.2, 0) is 14.3 Å². The fourth-order valence-corrected chi connectivity index (χ4v) is 3.63. The Morgan fingerprint density at radius 1 is 1.27 bits per heavy atom. The molecule has 0 bridgehead atoms. The van der Waals surface area contributed by atoms with E-state index in [4.69, 9.17) is 4.74 Å². The standard InChI is InChI=1S/C12H18O3/c1-8-4-11(2,3)7-12(5-8)6-9(13)15-10(12)14/h8H,4-7H2,1-3H3/t8-,12+/m0/s1. The van der Waals surface area contributed by atoms with Crippen LogP contribution in [0.15, 0.2) is 0 Å². The molecule has 1 saturated carbocycles. The molecule has 1 spiro atoms. The SMILES string of the molecule is C[C@H]1CC(C)(C)C[C@]2(CC(=O)OC2=O)C1. The molecule has 0 aromatic rings. The van der Waals surface area contributed by atoms with Crippen molar-refractivity contribution in [3.63, 3.8) is 0 Å². The lowest BCUT2D eigenvalue weighted by Gasteiger charge is -2.42. The molecule has 3 heteroatoms. The molecule has 0 N–H and O–H groups in total. The van der Waals surface area contributed by atoms with Gasteiger partial charge in [0.15, 0.2) is 0 Å². The van der Waals surface area contributed by atoms with Crippen molar-refractivity contribution in [2.24, 2.45) is 16.7 Å². The third-order valence-electron chi connectivity index (χ3n) is 3.58. The largest absolute Gasteiger partial charge is 0.393 e. The van der Waals surface area contributed by atoms with E-state index in [1.165, 1.54) is 0 Å². The zero-order valence-corrected chi connectivity index (χ0v) is 9.63. The fraction of sp³-hybridized carbons (Fsp3) is 0.833. The van der Waals surface area contributed by atoms with Gasteiger partial charge in [-0.25, -0.2) is 0 Å². The highest BCUT2D eigenvalue weighted by molar-refractivity contribution is 5.97. The lowest BCUT2D eigenvalue weighted by Crippen LogP contribution is -2.39. The summed E-state index contributed by atoms with van der Waals surface area (Å²) in [5.41, 5.74) is -0.362. The number of hydrogen-bond acceptors (Lipinski definition) is 3. The fourth-order valence-electron chi connectivity index (χ4n) is 3.63. The van der Waals surface area contributed by atoms with Gasteiger partial charge in [0.1, 0.15) is 0 Å². The Morgan fingerprint density at radius 3 is 2.40 bits per heavy atom. The first-order chi connectivity index (χ1) is 6.83. The normalized spacial score (nSPS) is 39.5. The van der Waals surface area contributed by atoms with E-state index in [1.807, 2.05) is 0 Å². The summed E-state index contributed by atoms with van der Waals surface area (Å²) in [6.45, 7) is 6.49. The van der Waals surface area contributed by atoms with Crippen LogP contribution in [0.4, 0.5) is 0 Å². The van der Waals surface area contributed by atoms with Crippen molar-refractivity contribution in [1.29, 1.82) is 0 Å². The van der Waals surface area contributed by atoms with Gasteiger partial charge in [-0.05, 0) is 30.6 Å². The highest BCUT2D eigenvalue weighted by Gasteiger charge is 2.54. The second-order valence-electron chi connectivity index (χ2n) is 6.07. The van der Waals surface area contributed by atoms with Crippen LogP contribution in [0.1, 0.15) is 46.5 Å². The van der Waals surface area contributed by atoms with E-state index in [2.05, 4.69) is 20.8 Å². The molecule has 2 fully saturated rings. The maximum Gasteiger partial charge on any atom is 0.320 e. The van der Waals surface area contributed by atoms with E-state index >= 15 is 0 Å². The van der Waals surface area contributed by atoms with Crippen LogP contribution < -0.4 is 0 Å². The van der Waals surface area contributed by atoms with Crippen molar-refractivity contribution >= 4 is 11.9 Å². The molecule has 0 aromatic heterocycles. The van der Waals surface area contributed by atoms with E-state index in [9.17, 15) is 9.59 Å².